The molecule has 0 aromatic heterocycles. The quantitative estimate of drug-likeness (QED) is 0.733. The molecule has 0 N–H and O–H groups in total. The first-order valence-electron chi connectivity index (χ1n) is 8.38. The molecule has 3 nitrogen and oxygen atoms in total. The molecule has 0 atom stereocenters. The van der Waals surface area contributed by atoms with E-state index in [0.29, 0.717) is 0 Å². The molecule has 1 saturated heterocycles. The molecule has 0 spiro atoms. The largest absolute Gasteiger partial charge is 0.493 e. The van der Waals surface area contributed by atoms with Crippen molar-refractivity contribution < 1.29 is 9.47 Å². The van der Waals surface area contributed by atoms with Gasteiger partial charge in [0.05, 0.1) is 19.8 Å². The Labute approximate surface area is 129 Å². The minimum absolute atomic E-state index is 0.807. The Kier molecular flexibility index (Phi) is 7.04. The van der Waals surface area contributed by atoms with Gasteiger partial charge in [0.15, 0.2) is 0 Å². The predicted octanol–water partition coefficient (Wildman–Crippen LogP) is 3.30. The zero-order valence-corrected chi connectivity index (χ0v) is 13.6. The summed E-state index contributed by atoms with van der Waals surface area (Å²) in [5, 5.41) is 0. The maximum atomic E-state index is 5.89. The fraction of sp³-hybridized carbons (Fsp3) is 0.667. The average molecular weight is 291 g/mol. The van der Waals surface area contributed by atoms with E-state index in [0.717, 1.165) is 64.5 Å². The number of benzene rings is 1. The lowest BCUT2D eigenvalue weighted by atomic mass is 10.0. The number of aryl methyl sites for hydroxylation is 2. The van der Waals surface area contributed by atoms with Gasteiger partial charge in [-0.05, 0) is 49.4 Å². The molecular weight excluding hydrogens is 262 g/mol. The molecule has 0 bridgehead atoms. The Morgan fingerprint density at radius 3 is 2.71 bits per heavy atom. The van der Waals surface area contributed by atoms with Crippen molar-refractivity contribution in [1.82, 2.24) is 4.90 Å². The lowest BCUT2D eigenvalue weighted by Gasteiger charge is -2.26. The summed E-state index contributed by atoms with van der Waals surface area (Å²) in [6.45, 7) is 10.3. The molecular formula is C18H29NO2. The van der Waals surface area contributed by atoms with Crippen LogP contribution in [-0.2, 0) is 17.6 Å². The second-order valence-electron chi connectivity index (χ2n) is 5.70. The summed E-state index contributed by atoms with van der Waals surface area (Å²) in [4.78, 5) is 2.50. The third-order valence-corrected chi connectivity index (χ3v) is 4.02. The van der Waals surface area contributed by atoms with Crippen molar-refractivity contribution in [2.45, 2.75) is 39.5 Å². The summed E-state index contributed by atoms with van der Waals surface area (Å²) in [7, 11) is 0. The third-order valence-electron chi connectivity index (χ3n) is 4.02. The Bertz CT molecular complexity index is 414. The van der Waals surface area contributed by atoms with Crippen LogP contribution in [0.1, 0.15) is 37.8 Å². The van der Waals surface area contributed by atoms with E-state index in [1.54, 1.807) is 0 Å². The van der Waals surface area contributed by atoms with Gasteiger partial charge in [0.25, 0.3) is 0 Å². The van der Waals surface area contributed by atoms with Gasteiger partial charge in [-0.25, -0.2) is 0 Å². The molecule has 0 unspecified atom stereocenters. The van der Waals surface area contributed by atoms with Crippen LogP contribution < -0.4 is 4.74 Å². The lowest BCUT2D eigenvalue weighted by Crippen LogP contribution is -2.36. The molecule has 1 aromatic carbocycles. The van der Waals surface area contributed by atoms with Gasteiger partial charge in [-0.2, -0.15) is 0 Å². The summed E-state index contributed by atoms with van der Waals surface area (Å²) in [5.41, 5.74) is 2.77. The van der Waals surface area contributed by atoms with Crippen molar-refractivity contribution in [3.05, 3.63) is 29.3 Å². The maximum absolute atomic E-state index is 5.89. The van der Waals surface area contributed by atoms with Gasteiger partial charge in [-0.3, -0.25) is 4.90 Å². The van der Waals surface area contributed by atoms with Gasteiger partial charge < -0.3 is 9.47 Å². The number of hydrogen-bond acceptors (Lipinski definition) is 3. The SMILES string of the molecule is CCCOc1ccc(CC)cc1CCCN1CCOCC1. The second kappa shape index (κ2) is 9.06. The number of hydrogen-bond donors (Lipinski definition) is 0. The first-order chi connectivity index (χ1) is 10.3. The molecule has 0 aliphatic carbocycles. The fourth-order valence-corrected chi connectivity index (χ4v) is 2.72. The average Bonchev–Trinajstić information content (AvgIpc) is 2.54. The Morgan fingerprint density at radius 2 is 2.00 bits per heavy atom. The number of ether oxygens (including phenoxy) is 2. The normalized spacial score (nSPS) is 16.1. The zero-order chi connectivity index (χ0) is 14.9. The molecule has 1 aliphatic rings. The molecule has 2 rings (SSSR count). The van der Waals surface area contributed by atoms with E-state index in [4.69, 9.17) is 9.47 Å². The van der Waals surface area contributed by atoms with Crippen LogP contribution >= 0.6 is 0 Å². The van der Waals surface area contributed by atoms with E-state index < -0.39 is 0 Å². The van der Waals surface area contributed by atoms with E-state index in [1.165, 1.54) is 17.5 Å². The molecule has 1 aliphatic heterocycles. The molecule has 1 aromatic rings. The highest BCUT2D eigenvalue weighted by atomic mass is 16.5. The minimum Gasteiger partial charge on any atom is -0.493 e. The summed E-state index contributed by atoms with van der Waals surface area (Å²) >= 11 is 0. The van der Waals surface area contributed by atoms with Crippen molar-refractivity contribution in [3.63, 3.8) is 0 Å². The standard InChI is InChI=1S/C18H29NO2/c1-3-12-21-18-8-7-16(4-2)15-17(18)6-5-9-19-10-13-20-14-11-19/h7-8,15H,3-6,9-14H2,1-2H3. The minimum atomic E-state index is 0.807. The molecule has 1 heterocycles. The Morgan fingerprint density at radius 1 is 1.19 bits per heavy atom. The van der Waals surface area contributed by atoms with E-state index >= 15 is 0 Å². The summed E-state index contributed by atoms with van der Waals surface area (Å²) in [6, 6.07) is 6.67. The Hall–Kier alpha value is -1.06. The smallest absolute Gasteiger partial charge is 0.122 e. The second-order valence-corrected chi connectivity index (χ2v) is 5.70. The van der Waals surface area contributed by atoms with Gasteiger partial charge in [-0.1, -0.05) is 26.0 Å². The van der Waals surface area contributed by atoms with Crippen LogP contribution in [0.25, 0.3) is 0 Å². The summed E-state index contributed by atoms with van der Waals surface area (Å²) in [6.07, 6.45) is 4.44. The molecule has 21 heavy (non-hydrogen) atoms. The van der Waals surface area contributed by atoms with Crippen LogP contribution in [-0.4, -0.2) is 44.4 Å². The fourth-order valence-electron chi connectivity index (χ4n) is 2.72. The van der Waals surface area contributed by atoms with E-state index in [-0.39, 0.29) is 0 Å². The first-order valence-corrected chi connectivity index (χ1v) is 8.38. The van der Waals surface area contributed by atoms with E-state index in [2.05, 4.69) is 36.9 Å². The van der Waals surface area contributed by atoms with Crippen LogP contribution in [0.4, 0.5) is 0 Å². The maximum Gasteiger partial charge on any atom is 0.122 e. The number of morpholine rings is 1. The van der Waals surface area contributed by atoms with Gasteiger partial charge in [0.2, 0.25) is 0 Å². The van der Waals surface area contributed by atoms with Gasteiger partial charge in [0, 0.05) is 13.1 Å². The van der Waals surface area contributed by atoms with Crippen LogP contribution in [0.2, 0.25) is 0 Å². The van der Waals surface area contributed by atoms with Crippen molar-refractivity contribution in [2.75, 3.05) is 39.5 Å². The first kappa shape index (κ1) is 16.3. The van der Waals surface area contributed by atoms with Crippen LogP contribution in [0, 0.1) is 0 Å². The zero-order valence-electron chi connectivity index (χ0n) is 13.6. The summed E-state index contributed by atoms with van der Waals surface area (Å²) < 4.78 is 11.3. The van der Waals surface area contributed by atoms with Gasteiger partial charge in [0.1, 0.15) is 5.75 Å². The van der Waals surface area contributed by atoms with Crippen molar-refractivity contribution in [2.24, 2.45) is 0 Å². The van der Waals surface area contributed by atoms with Crippen LogP contribution in [0.3, 0.4) is 0 Å². The molecule has 118 valence electrons. The highest BCUT2D eigenvalue weighted by molar-refractivity contribution is 5.37. The van der Waals surface area contributed by atoms with Crippen LogP contribution in [0.15, 0.2) is 18.2 Å². The highest BCUT2D eigenvalue weighted by Gasteiger charge is 2.11. The van der Waals surface area contributed by atoms with Gasteiger partial charge >= 0.3 is 0 Å². The topological polar surface area (TPSA) is 21.7 Å². The molecule has 3 heteroatoms. The molecule has 0 saturated carbocycles. The van der Waals surface area contributed by atoms with Crippen molar-refractivity contribution >= 4 is 0 Å². The summed E-state index contributed by atoms with van der Waals surface area (Å²) in [5.74, 6) is 1.08. The molecule has 1 fully saturated rings. The van der Waals surface area contributed by atoms with Crippen molar-refractivity contribution in [1.29, 1.82) is 0 Å². The molecule has 0 radical (unpaired) electrons. The van der Waals surface area contributed by atoms with Crippen LogP contribution in [0.5, 0.6) is 5.75 Å². The van der Waals surface area contributed by atoms with Gasteiger partial charge in [-0.15, -0.1) is 0 Å². The van der Waals surface area contributed by atoms with E-state index in [1.807, 2.05) is 0 Å². The third kappa shape index (κ3) is 5.33. The highest BCUT2D eigenvalue weighted by Crippen LogP contribution is 2.22. The predicted molar refractivity (Wildman–Crippen MR) is 87.2 cm³/mol. The van der Waals surface area contributed by atoms with Crippen molar-refractivity contribution in [3.8, 4) is 5.75 Å². The monoisotopic (exact) mass is 291 g/mol. The number of rotatable bonds is 8. The number of nitrogens with zero attached hydrogens (tertiary/aromatic N) is 1. The Balaban J connectivity index is 1.89. The lowest BCUT2D eigenvalue weighted by molar-refractivity contribution is 0.0374. The molecule has 0 amide bonds. The van der Waals surface area contributed by atoms with E-state index in [9.17, 15) is 0 Å².